The molecule has 1 saturated heterocycles. The van der Waals surface area contributed by atoms with Gasteiger partial charge in [0.1, 0.15) is 12.6 Å². The number of hydrogen-bond donors (Lipinski definition) is 2. The molecule has 1 atom stereocenters. The second-order valence-electron chi connectivity index (χ2n) is 3.90. The molecular formula is C18H36N2O2. The molecule has 0 bridgehead atoms. The zero-order chi connectivity index (χ0) is 17.6. The van der Waals surface area contributed by atoms with Crippen molar-refractivity contribution in [2.24, 2.45) is 5.73 Å². The Hall–Kier alpha value is -1.52. The molecule has 22 heavy (non-hydrogen) atoms. The summed E-state index contributed by atoms with van der Waals surface area (Å²) < 4.78 is 0. The number of nitrogens with one attached hydrogen (secondary N) is 1. The number of hydrogen-bond acceptors (Lipinski definition) is 4. The molecule has 0 aliphatic carbocycles. The first-order chi connectivity index (χ1) is 10.7. The van der Waals surface area contributed by atoms with Crippen molar-refractivity contribution in [3.8, 4) is 0 Å². The molecule has 4 heteroatoms. The van der Waals surface area contributed by atoms with Gasteiger partial charge in [0.05, 0.1) is 6.04 Å². The van der Waals surface area contributed by atoms with Crippen LogP contribution >= 0.6 is 0 Å². The van der Waals surface area contributed by atoms with E-state index in [0.29, 0.717) is 6.29 Å². The highest BCUT2D eigenvalue weighted by Gasteiger charge is 2.10. The smallest absolute Gasteiger partial charge is 0.136 e. The van der Waals surface area contributed by atoms with E-state index in [2.05, 4.69) is 30.1 Å². The predicted molar refractivity (Wildman–Crippen MR) is 98.2 cm³/mol. The summed E-state index contributed by atoms with van der Waals surface area (Å²) in [6.45, 7) is 11.2. The van der Waals surface area contributed by atoms with Crippen LogP contribution in [0, 0.1) is 6.92 Å². The Balaban J connectivity index is -0.000000107. The third-order valence-electron chi connectivity index (χ3n) is 2.30. The van der Waals surface area contributed by atoms with Gasteiger partial charge in [0, 0.05) is 7.97 Å². The number of carbonyl (C=O) groups excluding carboxylic acids is 2. The molecular weight excluding hydrogens is 276 g/mol. The van der Waals surface area contributed by atoms with Gasteiger partial charge in [-0.25, -0.2) is 0 Å². The number of aryl methyl sites for hydroxylation is 1. The average Bonchev–Trinajstić information content (AvgIpc) is 3.14. The number of carbonyl (C=O) groups is 2. The van der Waals surface area contributed by atoms with Crippen LogP contribution in [0.2, 0.25) is 0 Å². The van der Waals surface area contributed by atoms with Crippen LogP contribution in [0.25, 0.3) is 0 Å². The van der Waals surface area contributed by atoms with Gasteiger partial charge in [0.25, 0.3) is 0 Å². The van der Waals surface area contributed by atoms with Crippen molar-refractivity contribution in [1.82, 2.24) is 5.32 Å². The van der Waals surface area contributed by atoms with Crippen LogP contribution in [-0.2, 0) is 9.59 Å². The van der Waals surface area contributed by atoms with E-state index in [-0.39, 0.29) is 14.0 Å². The number of aldehydes is 2. The van der Waals surface area contributed by atoms with E-state index < -0.39 is 0 Å². The lowest BCUT2D eigenvalue weighted by atomic mass is 10.2. The van der Waals surface area contributed by atoms with Crippen molar-refractivity contribution < 1.29 is 11.0 Å². The molecule has 0 amide bonds. The standard InChI is InChI=1S/C7H8.C5H9NO.C2H5NO.2C2H6.H2/c1-7-5-3-2-4-6-7;7-4-5-2-1-3-6-5;3-1-2-4;2*1-2;/h2-6H,1H3;4-6H,1-3H2;2H,1,3H2;2*1-2H3;1H. The van der Waals surface area contributed by atoms with Crippen LogP contribution in [0.1, 0.15) is 47.5 Å². The lowest BCUT2D eigenvalue weighted by molar-refractivity contribution is -0.109. The lowest BCUT2D eigenvalue weighted by Crippen LogP contribution is -2.21. The Bertz CT molecular complexity index is 316. The largest absolute Gasteiger partial charge is 0.324 e. The second kappa shape index (κ2) is 24.5. The fourth-order valence-corrected chi connectivity index (χ4v) is 1.36. The maximum Gasteiger partial charge on any atom is 0.136 e. The van der Waals surface area contributed by atoms with Crippen LogP contribution in [0.5, 0.6) is 0 Å². The fourth-order valence-electron chi connectivity index (χ4n) is 1.36. The van der Waals surface area contributed by atoms with Gasteiger partial charge in [-0.15, -0.1) is 0 Å². The Kier molecular flexibility index (Phi) is 28.3. The van der Waals surface area contributed by atoms with E-state index in [9.17, 15) is 4.79 Å². The van der Waals surface area contributed by atoms with Gasteiger partial charge in [-0.3, -0.25) is 0 Å². The number of nitrogens with two attached hydrogens (primary N) is 1. The zero-order valence-corrected chi connectivity index (χ0v) is 14.8. The predicted octanol–water partition coefficient (Wildman–Crippen LogP) is 3.37. The van der Waals surface area contributed by atoms with Gasteiger partial charge in [0.15, 0.2) is 0 Å². The molecule has 3 N–H and O–H groups in total. The molecule has 0 aromatic heterocycles. The highest BCUT2D eigenvalue weighted by molar-refractivity contribution is 5.57. The van der Waals surface area contributed by atoms with Crippen molar-refractivity contribution >= 4 is 12.6 Å². The molecule has 2 rings (SSSR count). The summed E-state index contributed by atoms with van der Waals surface area (Å²) >= 11 is 0. The molecule has 4 nitrogen and oxygen atoms in total. The van der Waals surface area contributed by atoms with Crippen molar-refractivity contribution in [2.45, 2.75) is 53.5 Å². The second-order valence-corrected chi connectivity index (χ2v) is 3.90. The van der Waals surface area contributed by atoms with Crippen LogP contribution in [0.4, 0.5) is 0 Å². The van der Waals surface area contributed by atoms with E-state index >= 15 is 0 Å². The highest BCUT2D eigenvalue weighted by atomic mass is 16.1. The van der Waals surface area contributed by atoms with Gasteiger partial charge in [-0.05, 0) is 26.3 Å². The number of rotatable bonds is 2. The summed E-state index contributed by atoms with van der Waals surface area (Å²) in [6.07, 6.45) is 3.82. The maximum atomic E-state index is 9.94. The van der Waals surface area contributed by atoms with Crippen LogP contribution < -0.4 is 11.1 Å². The Morgan fingerprint density at radius 3 is 1.86 bits per heavy atom. The third-order valence-corrected chi connectivity index (χ3v) is 2.30. The first-order valence-electron chi connectivity index (χ1n) is 8.08. The number of benzene rings is 1. The minimum atomic E-state index is 0. The topological polar surface area (TPSA) is 72.2 Å². The van der Waals surface area contributed by atoms with Crippen molar-refractivity contribution in [3.63, 3.8) is 0 Å². The monoisotopic (exact) mass is 312 g/mol. The summed E-state index contributed by atoms with van der Waals surface area (Å²) in [5, 5.41) is 3.04. The van der Waals surface area contributed by atoms with E-state index in [0.717, 1.165) is 25.7 Å². The van der Waals surface area contributed by atoms with E-state index in [4.69, 9.17) is 4.79 Å². The minimum absolute atomic E-state index is 0. The van der Waals surface area contributed by atoms with Crippen LogP contribution in [0.3, 0.4) is 0 Å². The lowest BCUT2D eigenvalue weighted by Gasteiger charge is -1.93. The molecule has 0 radical (unpaired) electrons. The molecule has 1 heterocycles. The summed E-state index contributed by atoms with van der Waals surface area (Å²) in [5.74, 6) is 0. The Morgan fingerprint density at radius 2 is 1.68 bits per heavy atom. The molecule has 0 saturated carbocycles. The summed E-state index contributed by atoms with van der Waals surface area (Å²) in [6, 6.07) is 10.4. The summed E-state index contributed by atoms with van der Waals surface area (Å²) in [4.78, 5) is 19.0. The van der Waals surface area contributed by atoms with Gasteiger partial charge in [0.2, 0.25) is 0 Å². The van der Waals surface area contributed by atoms with E-state index in [1.54, 1.807) is 0 Å². The van der Waals surface area contributed by atoms with Gasteiger partial charge in [-0.2, -0.15) is 0 Å². The Morgan fingerprint density at radius 1 is 1.18 bits per heavy atom. The fraction of sp³-hybridized carbons (Fsp3) is 0.556. The maximum absolute atomic E-state index is 9.94. The van der Waals surface area contributed by atoms with Crippen molar-refractivity contribution in [1.29, 1.82) is 0 Å². The van der Waals surface area contributed by atoms with E-state index in [1.807, 2.05) is 45.9 Å². The molecule has 1 fully saturated rings. The molecule has 0 spiro atoms. The van der Waals surface area contributed by atoms with Crippen molar-refractivity contribution in [2.75, 3.05) is 13.1 Å². The summed E-state index contributed by atoms with van der Waals surface area (Å²) in [5.41, 5.74) is 5.98. The molecule has 1 aliphatic heterocycles. The molecule has 1 unspecified atom stereocenters. The Labute approximate surface area is 138 Å². The molecule has 1 aromatic rings. The van der Waals surface area contributed by atoms with Crippen molar-refractivity contribution in [3.05, 3.63) is 35.9 Å². The zero-order valence-electron chi connectivity index (χ0n) is 14.8. The van der Waals surface area contributed by atoms with Crippen LogP contribution in [-0.4, -0.2) is 31.7 Å². The first-order valence-corrected chi connectivity index (χ1v) is 8.08. The summed E-state index contributed by atoms with van der Waals surface area (Å²) in [7, 11) is 0. The normalized spacial score (nSPS) is 14.2. The SMILES string of the molecule is CC.CC.Cc1ccccc1.NCC=O.O=CC1CCCN1.[HH]. The third kappa shape index (κ3) is 20.8. The molecule has 1 aliphatic rings. The molecule has 1 aromatic carbocycles. The highest BCUT2D eigenvalue weighted by Crippen LogP contribution is 2.00. The van der Waals surface area contributed by atoms with E-state index in [1.165, 1.54) is 5.56 Å². The minimum Gasteiger partial charge on any atom is -0.324 e. The van der Waals surface area contributed by atoms with Crippen LogP contribution in [0.15, 0.2) is 30.3 Å². The van der Waals surface area contributed by atoms with Gasteiger partial charge in [-0.1, -0.05) is 63.6 Å². The van der Waals surface area contributed by atoms with Gasteiger partial charge >= 0.3 is 0 Å². The first kappa shape index (κ1) is 25.4. The quantitative estimate of drug-likeness (QED) is 0.821. The van der Waals surface area contributed by atoms with Gasteiger partial charge < -0.3 is 20.6 Å². The molecule has 130 valence electrons. The average molecular weight is 312 g/mol.